The molecule has 0 spiro atoms. The lowest BCUT2D eigenvalue weighted by Gasteiger charge is -2.09. The van der Waals surface area contributed by atoms with Gasteiger partial charge >= 0.3 is 12.3 Å². The number of rotatable bonds is 5. The molecule has 0 radical (unpaired) electrons. The van der Waals surface area contributed by atoms with E-state index in [0.717, 1.165) is 6.07 Å². The quantitative estimate of drug-likeness (QED) is 0.363. The van der Waals surface area contributed by atoms with Gasteiger partial charge in [0.15, 0.2) is 11.6 Å². The lowest BCUT2D eigenvalue weighted by molar-refractivity contribution is -0.153. The summed E-state index contributed by atoms with van der Waals surface area (Å²) in [4.78, 5) is 36.1. The molecule has 4 rings (SSSR count). The van der Waals surface area contributed by atoms with E-state index in [1.807, 2.05) is 0 Å². The smallest absolute Gasteiger partial charge is 0.447 e. The van der Waals surface area contributed by atoms with Crippen molar-refractivity contribution in [1.82, 2.24) is 19.4 Å². The highest BCUT2D eigenvalue weighted by atomic mass is 19.4. The molecule has 0 atom stereocenters. The third-order valence-electron chi connectivity index (χ3n) is 4.61. The zero-order valence-electron chi connectivity index (χ0n) is 19.0. The number of ether oxygens (including phenoxy) is 1. The molecule has 0 aliphatic carbocycles. The molecule has 4 aromatic rings. The molecule has 10 nitrogen and oxygen atoms in total. The van der Waals surface area contributed by atoms with Crippen molar-refractivity contribution in [1.29, 1.82) is 0 Å². The fourth-order valence-electron chi connectivity index (χ4n) is 3.20. The molecule has 0 saturated carbocycles. The van der Waals surface area contributed by atoms with Crippen LogP contribution in [-0.2, 0) is 10.9 Å². The number of fused-ring (bicyclic) bond motifs is 1. The molecule has 0 bridgehead atoms. The summed E-state index contributed by atoms with van der Waals surface area (Å²) in [6.45, 7) is 4.56. The van der Waals surface area contributed by atoms with Crippen LogP contribution in [0.2, 0.25) is 0 Å². The average Bonchev–Trinajstić information content (AvgIpc) is 3.37. The van der Waals surface area contributed by atoms with Gasteiger partial charge < -0.3 is 14.5 Å². The Morgan fingerprint density at radius 2 is 1.86 bits per heavy atom. The van der Waals surface area contributed by atoms with Crippen molar-refractivity contribution in [2.24, 2.45) is 0 Å². The van der Waals surface area contributed by atoms with Gasteiger partial charge in [-0.3, -0.25) is 14.5 Å². The third-order valence-corrected chi connectivity index (χ3v) is 4.61. The van der Waals surface area contributed by atoms with Crippen LogP contribution in [-0.4, -0.2) is 37.5 Å². The Morgan fingerprint density at radius 1 is 1.11 bits per heavy atom. The number of amides is 2. The number of nitrogens with one attached hydrogen (secondary N) is 2. The van der Waals surface area contributed by atoms with Gasteiger partial charge in [0.05, 0.1) is 23.7 Å². The van der Waals surface area contributed by atoms with Gasteiger partial charge in [0.1, 0.15) is 5.82 Å². The van der Waals surface area contributed by atoms with Crippen molar-refractivity contribution in [3.05, 3.63) is 60.0 Å². The molecule has 3 aromatic heterocycles. The average molecular weight is 506 g/mol. The van der Waals surface area contributed by atoms with E-state index in [1.165, 1.54) is 42.0 Å². The summed E-state index contributed by atoms with van der Waals surface area (Å²) >= 11 is 0. The Balaban J connectivity index is 1.60. The molecular weight excluding hydrogens is 488 g/mol. The number of imidazole rings is 1. The molecule has 14 heteroatoms. The summed E-state index contributed by atoms with van der Waals surface area (Å²) < 4.78 is 65.0. The first-order valence-corrected chi connectivity index (χ1v) is 10.4. The van der Waals surface area contributed by atoms with Crippen molar-refractivity contribution in [3.63, 3.8) is 0 Å². The summed E-state index contributed by atoms with van der Waals surface area (Å²) in [5.41, 5.74) is -0.597. The number of benzene rings is 1. The Labute approximate surface area is 200 Å². The van der Waals surface area contributed by atoms with Gasteiger partial charge in [-0.25, -0.2) is 24.1 Å². The first kappa shape index (κ1) is 24.6. The van der Waals surface area contributed by atoms with Crippen LogP contribution >= 0.6 is 0 Å². The van der Waals surface area contributed by atoms with Gasteiger partial charge in [-0.05, 0) is 32.0 Å². The Morgan fingerprint density at radius 3 is 2.56 bits per heavy atom. The third kappa shape index (κ3) is 5.26. The van der Waals surface area contributed by atoms with E-state index in [2.05, 4.69) is 30.0 Å². The van der Waals surface area contributed by atoms with Crippen molar-refractivity contribution < 1.29 is 36.3 Å². The molecule has 0 aliphatic rings. The molecule has 1 aromatic carbocycles. The monoisotopic (exact) mass is 506 g/mol. The number of nitrogens with zero attached hydrogens (tertiary/aromatic N) is 4. The van der Waals surface area contributed by atoms with Crippen molar-refractivity contribution >= 4 is 29.2 Å². The molecule has 0 unspecified atom stereocenters. The predicted molar refractivity (Wildman–Crippen MR) is 118 cm³/mol. The van der Waals surface area contributed by atoms with Crippen LogP contribution in [0.5, 0.6) is 0 Å². The van der Waals surface area contributed by atoms with E-state index in [9.17, 15) is 27.2 Å². The summed E-state index contributed by atoms with van der Waals surface area (Å²) in [5, 5.41) is 4.76. The summed E-state index contributed by atoms with van der Waals surface area (Å²) in [6.07, 6.45) is -1.70. The maximum Gasteiger partial charge on any atom is 0.452 e. The number of hydrogen-bond donors (Lipinski definition) is 2. The number of alkyl halides is 3. The number of aromatic nitrogens is 4. The summed E-state index contributed by atoms with van der Waals surface area (Å²) in [5.74, 6) is -3.58. The highest BCUT2D eigenvalue weighted by molar-refractivity contribution is 6.04. The van der Waals surface area contributed by atoms with E-state index < -0.39 is 35.4 Å². The summed E-state index contributed by atoms with van der Waals surface area (Å²) in [6, 6.07) is 3.40. The van der Waals surface area contributed by atoms with E-state index in [-0.39, 0.29) is 34.7 Å². The molecule has 2 N–H and O–H groups in total. The van der Waals surface area contributed by atoms with Crippen molar-refractivity contribution in [2.45, 2.75) is 33.1 Å². The zero-order valence-corrected chi connectivity index (χ0v) is 19.0. The minimum atomic E-state index is -4.93. The zero-order chi connectivity index (χ0) is 26.2. The number of carbonyl (C=O) groups is 2. The minimum Gasteiger partial charge on any atom is -0.447 e. The number of aryl methyl sites for hydroxylation is 1. The maximum atomic E-state index is 14.6. The molecule has 0 aliphatic heterocycles. The van der Waals surface area contributed by atoms with Crippen molar-refractivity contribution in [3.8, 4) is 11.3 Å². The Bertz CT molecular complexity index is 1460. The van der Waals surface area contributed by atoms with Gasteiger partial charge in [-0.2, -0.15) is 13.2 Å². The lowest BCUT2D eigenvalue weighted by atomic mass is 10.1. The number of hydrogen-bond acceptors (Lipinski definition) is 7. The van der Waals surface area contributed by atoms with Gasteiger partial charge in [-0.1, -0.05) is 0 Å². The highest BCUT2D eigenvalue weighted by Gasteiger charge is 2.41. The van der Waals surface area contributed by atoms with Crippen LogP contribution in [0.3, 0.4) is 0 Å². The molecule has 0 fully saturated rings. The van der Waals surface area contributed by atoms with Crippen LogP contribution in [0, 0.1) is 12.7 Å². The molecule has 188 valence electrons. The van der Waals surface area contributed by atoms with E-state index >= 15 is 0 Å². The maximum absolute atomic E-state index is 14.6. The largest absolute Gasteiger partial charge is 0.452 e. The van der Waals surface area contributed by atoms with Gasteiger partial charge in [-0.15, -0.1) is 0 Å². The molecule has 0 saturated heterocycles. The SMILES string of the molecule is Cc1nc(C(=O)Nc2ccc(F)c(-c3cn4cc(NC(=O)OC(C)C)cnc4n3)c2)c(C(F)(F)F)o1. The van der Waals surface area contributed by atoms with Gasteiger partial charge in [0.2, 0.25) is 11.5 Å². The molecule has 2 amide bonds. The second kappa shape index (κ2) is 9.28. The van der Waals surface area contributed by atoms with Crippen LogP contribution in [0.15, 0.2) is 41.2 Å². The number of oxazole rings is 1. The molecule has 36 heavy (non-hydrogen) atoms. The van der Waals surface area contributed by atoms with Crippen LogP contribution in [0.4, 0.5) is 33.7 Å². The normalized spacial score (nSPS) is 11.7. The first-order valence-electron chi connectivity index (χ1n) is 10.4. The van der Waals surface area contributed by atoms with E-state index in [4.69, 9.17) is 4.74 Å². The highest BCUT2D eigenvalue weighted by Crippen LogP contribution is 2.33. The fraction of sp³-hybridized carbons (Fsp3) is 0.227. The first-order chi connectivity index (χ1) is 16.9. The van der Waals surface area contributed by atoms with Crippen molar-refractivity contribution in [2.75, 3.05) is 10.6 Å². The van der Waals surface area contributed by atoms with Gasteiger partial charge in [0, 0.05) is 30.6 Å². The van der Waals surface area contributed by atoms with Crippen LogP contribution in [0.25, 0.3) is 17.0 Å². The molecule has 3 heterocycles. The Kier molecular flexibility index (Phi) is 6.35. The van der Waals surface area contributed by atoms with Crippen LogP contribution in [0.1, 0.15) is 36.0 Å². The Hall–Kier alpha value is -4.49. The number of carbonyl (C=O) groups excluding carboxylic acids is 2. The lowest BCUT2D eigenvalue weighted by Crippen LogP contribution is -2.18. The minimum absolute atomic E-state index is 0.00557. The number of halogens is 4. The van der Waals surface area contributed by atoms with Crippen LogP contribution < -0.4 is 10.6 Å². The fourth-order valence-corrected chi connectivity index (χ4v) is 3.20. The number of anilines is 2. The second-order valence-corrected chi connectivity index (χ2v) is 7.81. The summed E-state index contributed by atoms with van der Waals surface area (Å²) in [7, 11) is 0. The molecular formula is C22H18F4N6O4. The van der Waals surface area contributed by atoms with E-state index in [1.54, 1.807) is 13.8 Å². The topological polar surface area (TPSA) is 124 Å². The predicted octanol–water partition coefficient (Wildman–Crippen LogP) is 5.06. The standard InChI is InChI=1S/C22H18F4N6O4/c1-10(2)35-21(34)30-13-7-27-20-31-16(9-32(20)8-13)14-6-12(4-5-15(14)23)29-19(33)17-18(22(24,25)26)36-11(3)28-17/h4-10H,1-3H3,(H,29,33)(H,30,34). The second-order valence-electron chi connectivity index (χ2n) is 7.81. The van der Waals surface area contributed by atoms with Gasteiger partial charge in [0.25, 0.3) is 5.91 Å². The van der Waals surface area contributed by atoms with E-state index in [0.29, 0.717) is 5.69 Å².